The second-order valence-corrected chi connectivity index (χ2v) is 3.37. The Morgan fingerprint density at radius 2 is 1.82 bits per heavy atom. The average Bonchev–Trinajstić information content (AvgIpc) is 2.76. The number of benzene rings is 1. The summed E-state index contributed by atoms with van der Waals surface area (Å²) in [6.45, 7) is 0. The molecule has 88 valence electrons. The van der Waals surface area contributed by atoms with Crippen LogP contribution in [0.1, 0.15) is 10.4 Å². The van der Waals surface area contributed by atoms with E-state index in [2.05, 4.69) is 4.98 Å². The van der Waals surface area contributed by atoms with Crippen molar-refractivity contribution in [1.82, 2.24) is 4.98 Å². The number of carbonyl (C=O) groups is 1. The lowest BCUT2D eigenvalue weighted by Gasteiger charge is -2.04. The monoisotopic (exact) mass is 232 g/mol. The smallest absolute Gasteiger partial charge is 0.347 e. The van der Waals surface area contributed by atoms with Crippen molar-refractivity contribution in [2.75, 3.05) is 12.8 Å². The van der Waals surface area contributed by atoms with Crippen molar-refractivity contribution >= 4 is 11.8 Å². The Labute approximate surface area is 98.2 Å². The molecule has 2 rings (SSSR count). The van der Waals surface area contributed by atoms with Gasteiger partial charge in [0.1, 0.15) is 22.9 Å². The minimum absolute atomic E-state index is 0.295. The summed E-state index contributed by atoms with van der Waals surface area (Å²) in [4.78, 5) is 14.4. The first-order valence-electron chi connectivity index (χ1n) is 5.00. The third-order valence-corrected chi connectivity index (χ3v) is 2.27. The molecule has 0 aliphatic rings. The summed E-state index contributed by atoms with van der Waals surface area (Å²) in [5, 5.41) is 0. The zero-order valence-corrected chi connectivity index (χ0v) is 9.27. The number of nitrogens with two attached hydrogens (primary N) is 1. The number of H-pyrrole nitrogens is 1. The van der Waals surface area contributed by atoms with Gasteiger partial charge in [0, 0.05) is 6.20 Å². The molecule has 0 aliphatic heterocycles. The largest absolute Gasteiger partial charge is 0.497 e. The summed E-state index contributed by atoms with van der Waals surface area (Å²) in [5.41, 5.74) is 5.88. The zero-order chi connectivity index (χ0) is 12.3. The van der Waals surface area contributed by atoms with Crippen LogP contribution in [-0.2, 0) is 0 Å². The Balaban J connectivity index is 2.10. The van der Waals surface area contributed by atoms with Crippen molar-refractivity contribution < 1.29 is 14.3 Å². The maximum absolute atomic E-state index is 11.7. The number of rotatable bonds is 3. The number of carbonyl (C=O) groups excluding carboxylic acids is 1. The van der Waals surface area contributed by atoms with Crippen molar-refractivity contribution in [2.45, 2.75) is 0 Å². The topological polar surface area (TPSA) is 77.3 Å². The summed E-state index contributed by atoms with van der Waals surface area (Å²) in [5.74, 6) is 0.944. The maximum atomic E-state index is 11.7. The molecule has 0 amide bonds. The fourth-order valence-corrected chi connectivity index (χ4v) is 1.37. The van der Waals surface area contributed by atoms with Gasteiger partial charge < -0.3 is 20.2 Å². The molecule has 3 N–H and O–H groups in total. The van der Waals surface area contributed by atoms with Crippen LogP contribution in [0.4, 0.5) is 5.82 Å². The van der Waals surface area contributed by atoms with Gasteiger partial charge in [0.25, 0.3) is 0 Å². The van der Waals surface area contributed by atoms with E-state index >= 15 is 0 Å². The predicted molar refractivity (Wildman–Crippen MR) is 63.2 cm³/mol. The molecule has 0 aliphatic carbocycles. The predicted octanol–water partition coefficient (Wildman–Crippen LogP) is 1.82. The van der Waals surface area contributed by atoms with Crippen LogP contribution in [0, 0.1) is 0 Å². The lowest BCUT2D eigenvalue weighted by Crippen LogP contribution is -2.09. The van der Waals surface area contributed by atoms with Gasteiger partial charge in [-0.05, 0) is 30.3 Å². The van der Waals surface area contributed by atoms with Gasteiger partial charge in [-0.3, -0.25) is 0 Å². The zero-order valence-electron chi connectivity index (χ0n) is 9.27. The van der Waals surface area contributed by atoms with E-state index in [4.69, 9.17) is 15.2 Å². The van der Waals surface area contributed by atoms with E-state index in [1.54, 1.807) is 43.6 Å². The summed E-state index contributed by atoms with van der Waals surface area (Å²) < 4.78 is 10.1. The summed E-state index contributed by atoms with van der Waals surface area (Å²) in [7, 11) is 1.57. The molecule has 2 aromatic rings. The van der Waals surface area contributed by atoms with Crippen molar-refractivity contribution in [1.29, 1.82) is 0 Å². The third-order valence-electron chi connectivity index (χ3n) is 2.27. The van der Waals surface area contributed by atoms with Crippen molar-refractivity contribution in [3.8, 4) is 11.5 Å². The molecular formula is C12H12N2O3. The van der Waals surface area contributed by atoms with Crippen LogP contribution in [0.3, 0.4) is 0 Å². The van der Waals surface area contributed by atoms with Crippen LogP contribution in [0.25, 0.3) is 0 Å². The number of nitrogens with one attached hydrogen (secondary N) is 1. The molecular weight excluding hydrogens is 220 g/mol. The highest BCUT2D eigenvalue weighted by atomic mass is 16.5. The molecule has 0 radical (unpaired) electrons. The quantitative estimate of drug-likeness (QED) is 0.625. The average molecular weight is 232 g/mol. The van der Waals surface area contributed by atoms with Gasteiger partial charge in [0.2, 0.25) is 0 Å². The van der Waals surface area contributed by atoms with Crippen LogP contribution >= 0.6 is 0 Å². The molecule has 5 heteroatoms. The Hall–Kier alpha value is -2.43. The first-order chi connectivity index (χ1) is 8.20. The highest BCUT2D eigenvalue weighted by Gasteiger charge is 2.12. The van der Waals surface area contributed by atoms with Crippen LogP contribution < -0.4 is 15.2 Å². The summed E-state index contributed by atoms with van der Waals surface area (Å²) >= 11 is 0. The van der Waals surface area contributed by atoms with E-state index in [0.717, 1.165) is 0 Å². The molecule has 0 saturated heterocycles. The molecule has 0 atom stereocenters. The second kappa shape index (κ2) is 4.61. The van der Waals surface area contributed by atoms with E-state index in [9.17, 15) is 4.79 Å². The van der Waals surface area contributed by atoms with Crippen LogP contribution in [0.2, 0.25) is 0 Å². The maximum Gasteiger partial charge on any atom is 0.347 e. The van der Waals surface area contributed by atoms with Crippen LogP contribution in [0.5, 0.6) is 11.5 Å². The molecule has 1 aromatic heterocycles. The van der Waals surface area contributed by atoms with Crippen molar-refractivity contribution in [3.63, 3.8) is 0 Å². The Morgan fingerprint density at radius 3 is 2.35 bits per heavy atom. The normalized spacial score (nSPS) is 9.94. The molecule has 1 heterocycles. The lowest BCUT2D eigenvalue weighted by molar-refractivity contribution is 0.0736. The number of aromatic nitrogens is 1. The number of hydrogen-bond donors (Lipinski definition) is 2. The molecule has 17 heavy (non-hydrogen) atoms. The minimum atomic E-state index is -0.492. The van der Waals surface area contributed by atoms with Gasteiger partial charge in [-0.15, -0.1) is 0 Å². The first-order valence-corrected chi connectivity index (χ1v) is 5.00. The number of esters is 1. The second-order valence-electron chi connectivity index (χ2n) is 3.37. The standard InChI is InChI=1S/C12H12N2O3/c1-16-8-2-4-9(5-3-8)17-12(15)10-6-7-14-11(10)13/h2-7,14H,13H2,1H3. The molecule has 5 nitrogen and oxygen atoms in total. The first kappa shape index (κ1) is 11.1. The molecule has 1 aromatic carbocycles. The van der Waals surface area contributed by atoms with Gasteiger partial charge in [0.15, 0.2) is 0 Å². The van der Waals surface area contributed by atoms with Gasteiger partial charge in [-0.1, -0.05) is 0 Å². The fourth-order valence-electron chi connectivity index (χ4n) is 1.37. The number of ether oxygens (including phenoxy) is 2. The molecule has 0 fully saturated rings. The van der Waals surface area contributed by atoms with Crippen LogP contribution in [0.15, 0.2) is 36.5 Å². The Kier molecular flexibility index (Phi) is 3.00. The van der Waals surface area contributed by atoms with E-state index in [-0.39, 0.29) is 0 Å². The molecule has 0 spiro atoms. The third kappa shape index (κ3) is 2.39. The van der Waals surface area contributed by atoms with Crippen molar-refractivity contribution in [2.24, 2.45) is 0 Å². The lowest BCUT2D eigenvalue weighted by atomic mass is 10.3. The number of aromatic amines is 1. The Bertz CT molecular complexity index is 517. The number of hydrogen-bond acceptors (Lipinski definition) is 4. The molecule has 0 bridgehead atoms. The van der Waals surface area contributed by atoms with E-state index < -0.39 is 5.97 Å². The van der Waals surface area contributed by atoms with E-state index in [1.807, 2.05) is 0 Å². The van der Waals surface area contributed by atoms with Gasteiger partial charge >= 0.3 is 5.97 Å². The Morgan fingerprint density at radius 1 is 1.18 bits per heavy atom. The van der Waals surface area contributed by atoms with Crippen LogP contribution in [-0.4, -0.2) is 18.1 Å². The number of methoxy groups -OCH3 is 1. The van der Waals surface area contributed by atoms with Gasteiger partial charge in [-0.25, -0.2) is 4.79 Å². The van der Waals surface area contributed by atoms with Gasteiger partial charge in [-0.2, -0.15) is 0 Å². The number of nitrogen functional groups attached to an aromatic ring is 1. The van der Waals surface area contributed by atoms with E-state index in [1.165, 1.54) is 0 Å². The highest BCUT2D eigenvalue weighted by molar-refractivity contribution is 5.95. The minimum Gasteiger partial charge on any atom is -0.497 e. The van der Waals surface area contributed by atoms with Crippen molar-refractivity contribution in [3.05, 3.63) is 42.1 Å². The van der Waals surface area contributed by atoms with Gasteiger partial charge in [0.05, 0.1) is 7.11 Å². The number of anilines is 1. The SMILES string of the molecule is COc1ccc(OC(=O)c2cc[nH]c2N)cc1. The molecule has 0 saturated carbocycles. The summed E-state index contributed by atoms with van der Waals surface area (Å²) in [6.07, 6.45) is 1.58. The van der Waals surface area contributed by atoms with E-state index in [0.29, 0.717) is 22.9 Å². The highest BCUT2D eigenvalue weighted by Crippen LogP contribution is 2.19. The molecule has 0 unspecified atom stereocenters. The fraction of sp³-hybridized carbons (Fsp3) is 0.0833. The summed E-state index contributed by atoms with van der Waals surface area (Å²) in [6, 6.07) is 8.30.